The molecule has 0 radical (unpaired) electrons. The van der Waals surface area contributed by atoms with Gasteiger partial charge in [0.1, 0.15) is 23.3 Å². The Morgan fingerprint density at radius 1 is 0.259 bits per heavy atom. The number of benzene rings is 4. The highest BCUT2D eigenvalue weighted by atomic mass is 35.5. The fourth-order valence-electron chi connectivity index (χ4n) is 18.8. The van der Waals surface area contributed by atoms with Crippen molar-refractivity contribution < 1.29 is 17.6 Å². The van der Waals surface area contributed by atoms with Crippen molar-refractivity contribution in [3.05, 3.63) is 334 Å². The molecular formula is C109H94ClF4N25. The summed E-state index contributed by atoms with van der Waals surface area (Å²) in [4.78, 5) is 68.6. The second kappa shape index (κ2) is 39.9. The predicted molar refractivity (Wildman–Crippen MR) is 534 cm³/mol. The van der Waals surface area contributed by atoms with Crippen LogP contribution in [-0.2, 0) is 0 Å². The predicted octanol–water partition coefficient (Wildman–Crippen LogP) is 21.8. The average molecular weight is 1870 g/mol. The Labute approximate surface area is 803 Å². The summed E-state index contributed by atoms with van der Waals surface area (Å²) in [7, 11) is 8.60. The number of halogens is 5. The number of aromatic nitrogens is 21. The SMILES string of the molecule is CN1CCC(n2cc(-c3cncc(-c4cc(-c5cc(F)ccc5F)nc5ncccc45)n3)cn2)CC1.CN1CCC(n2cc(-c3cncc(-c4cc(-c5ccccc5)nc5ncccc45)c3)cn2)CC1.CN1CC[C@@H](n2cc(-c3cncc(-c4cc(-c5cc(Cl)ccc5F)nc5ncccc45)c3)cn2)C1.CN1CC[C@@H](n2cc(-c3cncc(-c4cc(-c5ccccc5F)nc5ncccc45)c3)cn2)C1. The van der Waals surface area contributed by atoms with Gasteiger partial charge in [-0.05, 0) is 262 Å². The second-order valence-corrected chi connectivity index (χ2v) is 36.2. The van der Waals surface area contributed by atoms with Crippen molar-refractivity contribution in [3.8, 4) is 134 Å². The Kier molecular flexibility index (Phi) is 25.8. The van der Waals surface area contributed by atoms with Gasteiger partial charge in [-0.15, -0.1) is 0 Å². The molecule has 0 aliphatic carbocycles. The fraction of sp³-hybridized carbons (Fsp3) is 0.202. The summed E-state index contributed by atoms with van der Waals surface area (Å²) in [5, 5.41) is 22.5. The van der Waals surface area contributed by atoms with E-state index in [-0.39, 0.29) is 22.9 Å². The maximum absolute atomic E-state index is 14.7. The van der Waals surface area contributed by atoms with Gasteiger partial charge >= 0.3 is 0 Å². The Morgan fingerprint density at radius 2 is 0.619 bits per heavy atom. The minimum Gasteiger partial charge on any atom is -0.306 e. The molecule has 0 N–H and O–H groups in total. The topological polar surface area (TPSA) is 252 Å². The van der Waals surface area contributed by atoms with Crippen molar-refractivity contribution in [3.63, 3.8) is 0 Å². The van der Waals surface area contributed by atoms with Gasteiger partial charge in [0.25, 0.3) is 0 Å². The van der Waals surface area contributed by atoms with Gasteiger partial charge in [0.2, 0.25) is 0 Å². The first-order chi connectivity index (χ1) is 68.0. The van der Waals surface area contributed by atoms with E-state index >= 15 is 0 Å². The second-order valence-electron chi connectivity index (χ2n) is 35.8. The zero-order valence-electron chi connectivity index (χ0n) is 76.6. The molecule has 4 aliphatic heterocycles. The van der Waals surface area contributed by atoms with E-state index in [1.165, 1.54) is 18.2 Å². The van der Waals surface area contributed by atoms with Crippen molar-refractivity contribution in [1.29, 1.82) is 0 Å². The van der Waals surface area contributed by atoms with Gasteiger partial charge in [-0.1, -0.05) is 54.1 Å². The number of rotatable bonds is 16. The molecule has 139 heavy (non-hydrogen) atoms. The lowest BCUT2D eigenvalue weighted by molar-refractivity contribution is 0.212. The number of fused-ring (bicyclic) bond motifs is 4. The number of hydrogen-bond acceptors (Lipinski definition) is 21. The molecule has 30 heteroatoms. The van der Waals surface area contributed by atoms with Crippen LogP contribution in [0.2, 0.25) is 5.02 Å². The van der Waals surface area contributed by atoms with Crippen LogP contribution in [0.1, 0.15) is 62.7 Å². The van der Waals surface area contributed by atoms with Crippen LogP contribution in [0.4, 0.5) is 17.6 Å². The molecule has 4 aliphatic rings. The summed E-state index contributed by atoms with van der Waals surface area (Å²) >= 11 is 6.16. The summed E-state index contributed by atoms with van der Waals surface area (Å²) in [5.41, 5.74) is 21.0. The van der Waals surface area contributed by atoms with Gasteiger partial charge in [0.15, 0.2) is 22.6 Å². The molecule has 0 spiro atoms. The molecule has 2 atom stereocenters. The molecule has 20 heterocycles. The van der Waals surface area contributed by atoms with Crippen LogP contribution < -0.4 is 0 Å². The molecule has 25 nitrogen and oxygen atoms in total. The van der Waals surface area contributed by atoms with E-state index < -0.39 is 11.6 Å². The van der Waals surface area contributed by atoms with Crippen molar-refractivity contribution in [2.45, 2.75) is 62.7 Å². The average Bonchev–Trinajstić information content (AvgIpc) is 1.36. The molecule has 0 bridgehead atoms. The first-order valence-corrected chi connectivity index (χ1v) is 46.7. The maximum atomic E-state index is 14.7. The van der Waals surface area contributed by atoms with Crippen LogP contribution in [0.5, 0.6) is 0 Å². The van der Waals surface area contributed by atoms with Crippen LogP contribution in [0.15, 0.2) is 306 Å². The molecule has 0 saturated carbocycles. The minimum atomic E-state index is -0.564. The highest BCUT2D eigenvalue weighted by Crippen LogP contribution is 2.42. The molecule has 4 aromatic carbocycles. The first kappa shape index (κ1) is 89.8. The van der Waals surface area contributed by atoms with E-state index in [2.05, 4.69) is 193 Å². The molecule has 4 saturated heterocycles. The third-order valence-electron chi connectivity index (χ3n) is 26.3. The monoisotopic (exact) mass is 1860 g/mol. The number of likely N-dealkylation sites (tertiary alicyclic amines) is 4. The summed E-state index contributed by atoms with van der Waals surface area (Å²) in [6.45, 7) is 8.50. The maximum Gasteiger partial charge on any atom is 0.160 e. The molecule has 0 amide bonds. The summed E-state index contributed by atoms with van der Waals surface area (Å²) < 4.78 is 66.0. The lowest BCUT2D eigenvalue weighted by atomic mass is 9.99. The van der Waals surface area contributed by atoms with Gasteiger partial charge < -0.3 is 19.6 Å². The summed E-state index contributed by atoms with van der Waals surface area (Å²) in [6, 6.07) is 55.7. The smallest absolute Gasteiger partial charge is 0.160 e. The molecule has 20 aromatic rings. The van der Waals surface area contributed by atoms with Gasteiger partial charge in [0.05, 0.1) is 95.5 Å². The van der Waals surface area contributed by atoms with E-state index in [4.69, 9.17) is 26.7 Å². The van der Waals surface area contributed by atoms with Crippen LogP contribution >= 0.6 is 11.6 Å². The molecule has 4 fully saturated rings. The van der Waals surface area contributed by atoms with Gasteiger partial charge in [-0.25, -0.2) is 62.4 Å². The third-order valence-corrected chi connectivity index (χ3v) is 26.6. The van der Waals surface area contributed by atoms with Crippen LogP contribution in [-0.4, -0.2) is 204 Å². The Hall–Kier alpha value is -15.7. The van der Waals surface area contributed by atoms with Crippen molar-refractivity contribution in [2.24, 2.45) is 0 Å². The lowest BCUT2D eigenvalue weighted by Crippen LogP contribution is -2.31. The van der Waals surface area contributed by atoms with Crippen LogP contribution in [0.25, 0.3) is 178 Å². The first-order valence-electron chi connectivity index (χ1n) is 46.4. The van der Waals surface area contributed by atoms with E-state index in [9.17, 15) is 17.6 Å². The zero-order valence-corrected chi connectivity index (χ0v) is 77.4. The van der Waals surface area contributed by atoms with Crippen molar-refractivity contribution >= 4 is 55.7 Å². The number of pyridine rings is 11. The van der Waals surface area contributed by atoms with Gasteiger partial charge in [0, 0.05) is 210 Å². The number of hydrogen-bond donors (Lipinski definition) is 0. The fourth-order valence-corrected chi connectivity index (χ4v) is 18.9. The highest BCUT2D eigenvalue weighted by Gasteiger charge is 2.28. The van der Waals surface area contributed by atoms with E-state index in [1.807, 2.05) is 139 Å². The lowest BCUT2D eigenvalue weighted by Gasteiger charge is -2.28. The molecule has 24 rings (SSSR count). The third kappa shape index (κ3) is 19.8. The Bertz CT molecular complexity index is 7870. The Balaban J connectivity index is 0.000000110. The summed E-state index contributed by atoms with van der Waals surface area (Å²) in [5.74, 6) is -1.81. The number of piperidine rings is 2. The molecule has 0 unspecified atom stereocenters. The van der Waals surface area contributed by atoms with Crippen molar-refractivity contribution in [1.82, 2.24) is 124 Å². The molecule has 16 aromatic heterocycles. The van der Waals surface area contributed by atoms with Gasteiger partial charge in [-0.3, -0.25) is 38.7 Å². The van der Waals surface area contributed by atoms with Crippen LogP contribution in [0, 0.1) is 23.3 Å². The van der Waals surface area contributed by atoms with Gasteiger partial charge in [-0.2, -0.15) is 20.4 Å². The number of nitrogens with zero attached hydrogens (tertiary/aromatic N) is 25. The largest absolute Gasteiger partial charge is 0.306 e. The molecular weight excluding hydrogens is 1770 g/mol. The Morgan fingerprint density at radius 3 is 1.09 bits per heavy atom. The minimum absolute atomic E-state index is 0.0623. The van der Waals surface area contributed by atoms with E-state index in [0.717, 1.165) is 220 Å². The molecule has 690 valence electrons. The normalized spacial score (nSPS) is 15.7. The van der Waals surface area contributed by atoms with E-state index in [1.54, 1.807) is 73.7 Å². The van der Waals surface area contributed by atoms with Crippen molar-refractivity contribution in [2.75, 3.05) is 80.5 Å². The summed E-state index contributed by atoms with van der Waals surface area (Å²) in [6.07, 6.45) is 43.8. The quantitative estimate of drug-likeness (QED) is 0.0815. The van der Waals surface area contributed by atoms with E-state index in [0.29, 0.717) is 85.6 Å². The van der Waals surface area contributed by atoms with Crippen LogP contribution in [0.3, 0.4) is 0 Å². The number of likely N-dealkylation sites (N-methyl/N-ethyl adjacent to an activating group) is 2. The zero-order chi connectivity index (χ0) is 94.6. The highest BCUT2D eigenvalue weighted by molar-refractivity contribution is 6.30. The standard InChI is InChI=1S/C28H26N6.C27H22ClFN6.C27H23F2N7.C27H23FN6/c1-33-12-9-24(10-13-33)34-19-23(18-31-34)21-14-22(17-29-16-21)26-15-27(20-6-3-2-4-7-20)32-28-25(26)8-5-11-30-28;1-34-8-6-21(16-34)35-15-19(14-32-35)17-9-18(13-30-12-17)23-11-26(24-10-20(28)4-5-25(24)29)33-27-22(23)3-2-7-31-27;1-35-9-6-19(7-10-35)36-16-17(13-32-36)25-14-30-15-26(33-25)21-12-24(22-11-18(28)4-5-23(22)29)34-27-20(21)3-2-8-31-27;1-33-10-8-21(17-33)34-16-20(15-31-34)18-11-19(14-29-13-18)24-12-26(23-5-2-3-7-25(23)28)32-27-22(24)6-4-9-30-27/h2-8,11,14-19,24H,9-10,12-13H2,1H3;2-5,7,9-15,21H,6,8,16H2,1H3;2-5,8,11-16,19H,6-7,9-10H2,1H3;2-7,9,11-16,21H,8,10,17H2,1H3/t;21-;;21-/m.1.1/s1.